The van der Waals surface area contributed by atoms with Gasteiger partial charge in [0, 0.05) is 15.6 Å². The predicted octanol–water partition coefficient (Wildman–Crippen LogP) is 6.30. The zero-order valence-electron chi connectivity index (χ0n) is 19.2. The van der Waals surface area contributed by atoms with Crippen LogP contribution in [-0.2, 0) is 11.3 Å². The second-order valence-electron chi connectivity index (χ2n) is 7.84. The molecule has 0 saturated carbocycles. The van der Waals surface area contributed by atoms with Crippen LogP contribution in [0.4, 0.5) is 4.79 Å². The van der Waals surface area contributed by atoms with Crippen molar-refractivity contribution in [2.75, 3.05) is 13.9 Å². The second kappa shape index (κ2) is 10.5. The fourth-order valence-corrected chi connectivity index (χ4v) is 5.18. The molecule has 2 amide bonds. The number of methoxy groups -OCH3 is 1. The van der Waals surface area contributed by atoms with Crippen molar-refractivity contribution in [1.82, 2.24) is 4.90 Å². The van der Waals surface area contributed by atoms with Gasteiger partial charge in [-0.05, 0) is 75.2 Å². The van der Waals surface area contributed by atoms with Crippen LogP contribution in [0.3, 0.4) is 0 Å². The molecule has 0 bridgehead atoms. The number of thioether (sulfide) groups is 1. The van der Waals surface area contributed by atoms with E-state index in [0.717, 1.165) is 16.7 Å². The van der Waals surface area contributed by atoms with Crippen LogP contribution in [0.1, 0.15) is 21.5 Å². The highest BCUT2D eigenvalue weighted by Gasteiger charge is 2.36. The molecule has 5 rings (SSSR count). The number of imide groups is 1. The molecule has 0 unspecified atom stereocenters. The van der Waals surface area contributed by atoms with Crippen molar-refractivity contribution < 1.29 is 33.3 Å². The van der Waals surface area contributed by atoms with E-state index >= 15 is 0 Å². The number of ether oxygens (including phenoxy) is 4. The first-order valence-corrected chi connectivity index (χ1v) is 12.8. The first-order chi connectivity index (χ1) is 17.8. The molecule has 1 fully saturated rings. The number of benzene rings is 3. The van der Waals surface area contributed by atoms with Crippen molar-refractivity contribution in [3.05, 3.63) is 85.7 Å². The molecule has 0 radical (unpaired) electrons. The van der Waals surface area contributed by atoms with Crippen LogP contribution in [0.15, 0.2) is 64.0 Å². The SMILES string of the molecule is COc1cc(/C=C2\SC(=O)N(Cc3cc4c(cc3Cl)OCO4)C2=O)ccc1OC(=O)c1ccccc1Br. The molecule has 0 aromatic heterocycles. The first kappa shape index (κ1) is 25.2. The lowest BCUT2D eigenvalue weighted by atomic mass is 10.1. The Bertz CT molecular complexity index is 1480. The van der Waals surface area contributed by atoms with Gasteiger partial charge >= 0.3 is 5.97 Å². The predicted molar refractivity (Wildman–Crippen MR) is 141 cm³/mol. The smallest absolute Gasteiger partial charge is 0.344 e. The number of carbonyl (C=O) groups excluding carboxylic acids is 3. The fourth-order valence-electron chi connectivity index (χ4n) is 3.68. The lowest BCUT2D eigenvalue weighted by Gasteiger charge is -2.14. The minimum atomic E-state index is -0.554. The molecule has 0 N–H and O–H groups in total. The van der Waals surface area contributed by atoms with Gasteiger partial charge in [-0.1, -0.05) is 29.8 Å². The molecule has 0 atom stereocenters. The number of amides is 2. The molecule has 8 nitrogen and oxygen atoms in total. The van der Waals surface area contributed by atoms with Crippen molar-refractivity contribution in [3.63, 3.8) is 0 Å². The zero-order chi connectivity index (χ0) is 26.1. The average Bonchev–Trinajstić information content (AvgIpc) is 3.44. The largest absolute Gasteiger partial charge is 0.493 e. The first-order valence-electron chi connectivity index (χ1n) is 10.8. The van der Waals surface area contributed by atoms with Gasteiger partial charge in [-0.3, -0.25) is 14.5 Å². The minimum Gasteiger partial charge on any atom is -0.493 e. The van der Waals surface area contributed by atoms with E-state index in [1.807, 2.05) is 0 Å². The summed E-state index contributed by atoms with van der Waals surface area (Å²) >= 11 is 10.5. The summed E-state index contributed by atoms with van der Waals surface area (Å²) in [6.07, 6.45) is 1.58. The molecule has 2 aliphatic heterocycles. The molecular weight excluding hydrogens is 586 g/mol. The lowest BCUT2D eigenvalue weighted by molar-refractivity contribution is -0.123. The van der Waals surface area contributed by atoms with E-state index in [0.29, 0.717) is 43.4 Å². The van der Waals surface area contributed by atoms with E-state index in [1.54, 1.807) is 60.7 Å². The third kappa shape index (κ3) is 5.18. The van der Waals surface area contributed by atoms with Crippen LogP contribution >= 0.6 is 39.3 Å². The molecule has 3 aromatic rings. The number of esters is 1. The number of hydrogen-bond acceptors (Lipinski definition) is 8. The van der Waals surface area contributed by atoms with Crippen molar-refractivity contribution in [1.29, 1.82) is 0 Å². The number of hydrogen-bond donors (Lipinski definition) is 0. The Kier molecular flexibility index (Phi) is 7.14. The van der Waals surface area contributed by atoms with Crippen molar-refractivity contribution in [2.24, 2.45) is 0 Å². The number of halogens is 2. The molecule has 2 aliphatic rings. The van der Waals surface area contributed by atoms with Crippen molar-refractivity contribution in [2.45, 2.75) is 6.54 Å². The number of fused-ring (bicyclic) bond motifs is 1. The van der Waals surface area contributed by atoms with E-state index in [1.165, 1.54) is 7.11 Å². The van der Waals surface area contributed by atoms with E-state index in [4.69, 9.17) is 30.5 Å². The quantitative estimate of drug-likeness (QED) is 0.185. The number of rotatable bonds is 6. The van der Waals surface area contributed by atoms with Gasteiger partial charge in [0.25, 0.3) is 11.1 Å². The number of nitrogens with zero attached hydrogens (tertiary/aromatic N) is 1. The molecule has 0 aliphatic carbocycles. The van der Waals surface area contributed by atoms with Crippen LogP contribution in [0, 0.1) is 0 Å². The summed E-state index contributed by atoms with van der Waals surface area (Å²) in [6, 6.07) is 15.0. The van der Waals surface area contributed by atoms with E-state index in [-0.39, 0.29) is 24.0 Å². The fraction of sp³-hybridized carbons (Fsp3) is 0.115. The summed E-state index contributed by atoms with van der Waals surface area (Å²) in [5, 5.41) is -0.0550. The third-order valence-corrected chi connectivity index (χ3v) is 7.48. The van der Waals surface area contributed by atoms with E-state index in [2.05, 4.69) is 15.9 Å². The zero-order valence-corrected chi connectivity index (χ0v) is 22.3. The van der Waals surface area contributed by atoms with Gasteiger partial charge in [0.15, 0.2) is 23.0 Å². The van der Waals surface area contributed by atoms with Crippen LogP contribution in [0.5, 0.6) is 23.0 Å². The Morgan fingerprint density at radius 1 is 1.11 bits per heavy atom. The van der Waals surface area contributed by atoms with Crippen LogP contribution < -0.4 is 18.9 Å². The maximum absolute atomic E-state index is 13.0. The Morgan fingerprint density at radius 2 is 1.86 bits per heavy atom. The summed E-state index contributed by atoms with van der Waals surface area (Å²) in [6.45, 7) is 0.0788. The summed E-state index contributed by atoms with van der Waals surface area (Å²) < 4.78 is 22.2. The Hall–Kier alpha value is -3.47. The topological polar surface area (TPSA) is 91.4 Å². The maximum Gasteiger partial charge on any atom is 0.344 e. The standard InChI is InChI=1S/C26H17BrClNO7S/c1-33-20-8-14(6-7-19(20)36-25(31)16-4-2-3-5-17(16)27)9-23-24(30)29(26(32)37-23)12-15-10-21-22(11-18(15)28)35-13-34-21/h2-11H,12-13H2,1H3/b23-9-. The Labute approximate surface area is 229 Å². The summed E-state index contributed by atoms with van der Waals surface area (Å²) in [5.41, 5.74) is 1.52. The second-order valence-corrected chi connectivity index (χ2v) is 10.1. The van der Waals surface area contributed by atoms with Gasteiger partial charge in [0.05, 0.1) is 24.1 Å². The highest BCUT2D eigenvalue weighted by Crippen LogP contribution is 2.40. The number of carbonyl (C=O) groups is 3. The van der Waals surface area contributed by atoms with Crippen LogP contribution in [0.25, 0.3) is 6.08 Å². The van der Waals surface area contributed by atoms with Crippen LogP contribution in [0.2, 0.25) is 5.02 Å². The monoisotopic (exact) mass is 601 g/mol. The molecule has 3 aromatic carbocycles. The highest BCUT2D eigenvalue weighted by atomic mass is 79.9. The normalized spacial score (nSPS) is 15.4. The average molecular weight is 603 g/mol. The van der Waals surface area contributed by atoms with Gasteiger partial charge in [0.1, 0.15) is 0 Å². The van der Waals surface area contributed by atoms with E-state index < -0.39 is 17.1 Å². The van der Waals surface area contributed by atoms with Gasteiger partial charge in [-0.2, -0.15) is 0 Å². The summed E-state index contributed by atoms with van der Waals surface area (Å²) in [5.74, 6) is 0.525. The molecule has 188 valence electrons. The minimum absolute atomic E-state index is 0.00919. The Morgan fingerprint density at radius 3 is 2.62 bits per heavy atom. The van der Waals surface area contributed by atoms with Gasteiger partial charge in [0.2, 0.25) is 6.79 Å². The van der Waals surface area contributed by atoms with Gasteiger partial charge in [-0.15, -0.1) is 0 Å². The lowest BCUT2D eigenvalue weighted by Crippen LogP contribution is -2.27. The molecule has 11 heteroatoms. The molecule has 1 saturated heterocycles. The maximum atomic E-state index is 13.0. The van der Waals surface area contributed by atoms with Gasteiger partial charge < -0.3 is 18.9 Å². The third-order valence-electron chi connectivity index (χ3n) is 5.53. The Balaban J connectivity index is 1.34. The summed E-state index contributed by atoms with van der Waals surface area (Å²) in [4.78, 5) is 39.6. The molecule has 2 heterocycles. The van der Waals surface area contributed by atoms with Crippen LogP contribution in [-0.4, -0.2) is 35.9 Å². The molecular formula is C26H17BrClNO7S. The summed E-state index contributed by atoms with van der Waals surface area (Å²) in [7, 11) is 1.44. The molecule has 0 spiro atoms. The highest BCUT2D eigenvalue weighted by molar-refractivity contribution is 9.10. The molecule has 37 heavy (non-hydrogen) atoms. The van der Waals surface area contributed by atoms with E-state index in [9.17, 15) is 14.4 Å². The van der Waals surface area contributed by atoms with Gasteiger partial charge in [-0.25, -0.2) is 4.79 Å². The van der Waals surface area contributed by atoms with Crippen molar-refractivity contribution in [3.8, 4) is 23.0 Å². The van der Waals surface area contributed by atoms with Crippen molar-refractivity contribution >= 4 is 62.5 Å².